The average Bonchev–Trinajstić information content (AvgIpc) is 3.87. The first kappa shape index (κ1) is 28.9. The van der Waals surface area contributed by atoms with Crippen molar-refractivity contribution in [3.05, 3.63) is 210 Å². The van der Waals surface area contributed by atoms with Crippen molar-refractivity contribution in [1.29, 1.82) is 0 Å². The molecule has 1 aliphatic carbocycles. The molecule has 1 aliphatic rings. The van der Waals surface area contributed by atoms with E-state index < -0.39 is 5.41 Å². The zero-order valence-electron chi connectivity index (χ0n) is 28.2. The van der Waals surface area contributed by atoms with Crippen molar-refractivity contribution >= 4 is 60.9 Å². The minimum atomic E-state index is -0.459. The van der Waals surface area contributed by atoms with E-state index in [1.165, 1.54) is 33.4 Å². The molecule has 52 heavy (non-hydrogen) atoms. The van der Waals surface area contributed by atoms with Crippen LogP contribution < -0.4 is 4.90 Å². The second-order valence-electron chi connectivity index (χ2n) is 13.6. The minimum Gasteiger partial charge on any atom is -0.456 e. The lowest BCUT2D eigenvalue weighted by Gasteiger charge is -2.34. The molecule has 10 aromatic rings. The molecule has 0 N–H and O–H groups in total. The molecule has 0 bridgehead atoms. The molecule has 8 aromatic carbocycles. The fourth-order valence-corrected chi connectivity index (χ4v) is 8.73. The molecule has 0 atom stereocenters. The summed E-state index contributed by atoms with van der Waals surface area (Å²) in [7, 11) is 0. The highest BCUT2D eigenvalue weighted by Crippen LogP contribution is 2.56. The highest BCUT2D eigenvalue weighted by atomic mass is 16.3. The molecule has 11 rings (SSSR count). The third-order valence-corrected chi connectivity index (χ3v) is 11.0. The largest absolute Gasteiger partial charge is 0.456 e. The van der Waals surface area contributed by atoms with Gasteiger partial charge in [-0.15, -0.1) is 0 Å². The van der Waals surface area contributed by atoms with Crippen LogP contribution in [0, 0.1) is 0 Å². The standard InChI is InChI=1S/C49H31NO2/c1-2-12-32(13-3-1)49(43-18-8-4-14-37(43)38-15-5-9-19-44(38)49)33-22-24-34(25-23-33)50(35-27-29-47-42(30-35)40-17-7-11-21-46(40)51-47)36-26-28-41-39-16-6-10-20-45(39)52-48(41)31-36/h1-31H. The van der Waals surface area contributed by atoms with Crippen LogP contribution in [0.3, 0.4) is 0 Å². The topological polar surface area (TPSA) is 29.5 Å². The molecule has 0 radical (unpaired) electrons. The van der Waals surface area contributed by atoms with Gasteiger partial charge < -0.3 is 13.7 Å². The van der Waals surface area contributed by atoms with Gasteiger partial charge in [-0.25, -0.2) is 0 Å². The Morgan fingerprint density at radius 3 is 1.52 bits per heavy atom. The first-order valence-corrected chi connectivity index (χ1v) is 17.8. The van der Waals surface area contributed by atoms with Gasteiger partial charge in [0.25, 0.3) is 0 Å². The minimum absolute atomic E-state index is 0.459. The van der Waals surface area contributed by atoms with Gasteiger partial charge in [-0.05, 0) is 88.0 Å². The third-order valence-electron chi connectivity index (χ3n) is 11.0. The van der Waals surface area contributed by atoms with Crippen LogP contribution in [-0.4, -0.2) is 0 Å². The first-order valence-electron chi connectivity index (χ1n) is 17.8. The zero-order valence-corrected chi connectivity index (χ0v) is 28.2. The van der Waals surface area contributed by atoms with E-state index in [9.17, 15) is 0 Å². The van der Waals surface area contributed by atoms with Gasteiger partial charge in [-0.3, -0.25) is 0 Å². The Labute approximate surface area is 300 Å². The van der Waals surface area contributed by atoms with E-state index in [-0.39, 0.29) is 0 Å². The molecule has 0 aliphatic heterocycles. The lowest BCUT2D eigenvalue weighted by molar-refractivity contribution is 0.668. The predicted octanol–water partition coefficient (Wildman–Crippen LogP) is 13.3. The molecule has 0 spiro atoms. The SMILES string of the molecule is c1ccc(C2(c3ccc(N(c4ccc5c(c4)oc4ccccc45)c4ccc5oc6ccccc6c5c4)cc3)c3ccccc3-c3ccccc32)cc1. The monoisotopic (exact) mass is 665 g/mol. The molecule has 0 fully saturated rings. The number of furan rings is 2. The van der Waals surface area contributed by atoms with Gasteiger partial charge in [0, 0.05) is 44.7 Å². The highest BCUT2D eigenvalue weighted by Gasteiger charge is 2.45. The molecule has 2 heterocycles. The van der Waals surface area contributed by atoms with Crippen molar-refractivity contribution in [3.8, 4) is 11.1 Å². The Balaban J connectivity index is 1.13. The molecule has 0 saturated heterocycles. The van der Waals surface area contributed by atoms with Gasteiger partial charge in [0.1, 0.15) is 22.3 Å². The number of rotatable bonds is 5. The number of fused-ring (bicyclic) bond motifs is 9. The number of para-hydroxylation sites is 2. The molecular formula is C49H31NO2. The van der Waals surface area contributed by atoms with Crippen LogP contribution in [0.25, 0.3) is 55.0 Å². The third kappa shape index (κ3) is 4.08. The van der Waals surface area contributed by atoms with E-state index in [4.69, 9.17) is 8.83 Å². The summed E-state index contributed by atoms with van der Waals surface area (Å²) in [6.07, 6.45) is 0. The molecule has 244 valence electrons. The van der Waals surface area contributed by atoms with Gasteiger partial charge in [0.2, 0.25) is 0 Å². The molecule has 0 amide bonds. The van der Waals surface area contributed by atoms with E-state index in [2.05, 4.69) is 169 Å². The summed E-state index contributed by atoms with van der Waals surface area (Å²) in [5, 5.41) is 4.41. The summed E-state index contributed by atoms with van der Waals surface area (Å²) in [4.78, 5) is 2.32. The first-order chi connectivity index (χ1) is 25.8. The maximum Gasteiger partial charge on any atom is 0.137 e. The summed E-state index contributed by atoms with van der Waals surface area (Å²) in [5.74, 6) is 0. The smallest absolute Gasteiger partial charge is 0.137 e. The van der Waals surface area contributed by atoms with Crippen molar-refractivity contribution in [2.45, 2.75) is 5.41 Å². The van der Waals surface area contributed by atoms with Gasteiger partial charge in [0.05, 0.1) is 5.41 Å². The number of nitrogens with zero attached hydrogens (tertiary/aromatic N) is 1. The second-order valence-corrected chi connectivity index (χ2v) is 13.6. The van der Waals surface area contributed by atoms with Crippen LogP contribution in [0.5, 0.6) is 0 Å². The fraction of sp³-hybridized carbons (Fsp3) is 0.0204. The number of anilines is 3. The normalized spacial score (nSPS) is 13.2. The predicted molar refractivity (Wildman–Crippen MR) is 213 cm³/mol. The molecule has 0 unspecified atom stereocenters. The Morgan fingerprint density at radius 1 is 0.327 bits per heavy atom. The van der Waals surface area contributed by atoms with E-state index in [0.717, 1.165) is 60.9 Å². The fourth-order valence-electron chi connectivity index (χ4n) is 8.73. The highest BCUT2D eigenvalue weighted by molar-refractivity contribution is 6.08. The summed E-state index contributed by atoms with van der Waals surface area (Å²) in [6.45, 7) is 0. The van der Waals surface area contributed by atoms with Crippen molar-refractivity contribution in [2.24, 2.45) is 0 Å². The Hall–Kier alpha value is -6.84. The van der Waals surface area contributed by atoms with Gasteiger partial charge in [-0.1, -0.05) is 127 Å². The van der Waals surface area contributed by atoms with E-state index in [0.29, 0.717) is 0 Å². The quantitative estimate of drug-likeness (QED) is 0.183. The maximum absolute atomic E-state index is 6.40. The molecular weight excluding hydrogens is 635 g/mol. The summed E-state index contributed by atoms with van der Waals surface area (Å²) < 4.78 is 12.6. The Kier molecular flexibility index (Phi) is 6.17. The summed E-state index contributed by atoms with van der Waals surface area (Å²) in [6, 6.07) is 67.4. The van der Waals surface area contributed by atoms with Gasteiger partial charge >= 0.3 is 0 Å². The molecule has 3 nitrogen and oxygen atoms in total. The second kappa shape index (κ2) is 11.1. The van der Waals surface area contributed by atoms with E-state index in [1.54, 1.807) is 0 Å². The van der Waals surface area contributed by atoms with Crippen molar-refractivity contribution in [2.75, 3.05) is 4.90 Å². The number of benzene rings is 8. The van der Waals surface area contributed by atoms with Crippen LogP contribution in [0.2, 0.25) is 0 Å². The summed E-state index contributed by atoms with van der Waals surface area (Å²) in [5.41, 5.74) is 13.8. The Morgan fingerprint density at radius 2 is 0.808 bits per heavy atom. The van der Waals surface area contributed by atoms with Gasteiger partial charge in [0.15, 0.2) is 0 Å². The van der Waals surface area contributed by atoms with Gasteiger partial charge in [-0.2, -0.15) is 0 Å². The molecule has 2 aromatic heterocycles. The zero-order chi connectivity index (χ0) is 34.2. The van der Waals surface area contributed by atoms with Crippen LogP contribution in [0.1, 0.15) is 22.3 Å². The lowest BCUT2D eigenvalue weighted by Crippen LogP contribution is -2.28. The van der Waals surface area contributed by atoms with E-state index in [1.807, 2.05) is 24.3 Å². The average molecular weight is 666 g/mol. The van der Waals surface area contributed by atoms with Crippen molar-refractivity contribution in [3.63, 3.8) is 0 Å². The van der Waals surface area contributed by atoms with E-state index >= 15 is 0 Å². The van der Waals surface area contributed by atoms with Crippen LogP contribution >= 0.6 is 0 Å². The molecule has 0 saturated carbocycles. The van der Waals surface area contributed by atoms with Crippen LogP contribution in [0.15, 0.2) is 197 Å². The summed E-state index contributed by atoms with van der Waals surface area (Å²) >= 11 is 0. The maximum atomic E-state index is 6.40. The Bertz CT molecular complexity index is 2920. The van der Waals surface area contributed by atoms with Crippen molar-refractivity contribution in [1.82, 2.24) is 0 Å². The van der Waals surface area contributed by atoms with Crippen molar-refractivity contribution < 1.29 is 8.83 Å². The molecule has 3 heteroatoms. The number of hydrogen-bond acceptors (Lipinski definition) is 3. The number of hydrogen-bond donors (Lipinski definition) is 0. The van der Waals surface area contributed by atoms with Crippen LogP contribution in [-0.2, 0) is 5.41 Å². The lowest BCUT2D eigenvalue weighted by atomic mass is 9.68. The van der Waals surface area contributed by atoms with Crippen LogP contribution in [0.4, 0.5) is 17.1 Å².